The van der Waals surface area contributed by atoms with Crippen molar-refractivity contribution in [2.75, 3.05) is 12.4 Å². The topological polar surface area (TPSA) is 71.8 Å². The number of carbonyl (C=O) groups is 1. The maximum Gasteiger partial charge on any atom is 0.253 e. The fourth-order valence-corrected chi connectivity index (χ4v) is 1.81. The van der Waals surface area contributed by atoms with E-state index in [1.165, 1.54) is 0 Å². The average molecular weight is 273 g/mol. The number of hydrogen-bond donors (Lipinski definition) is 2. The molecule has 20 heavy (non-hydrogen) atoms. The normalized spacial score (nSPS) is 10.6. The summed E-state index contributed by atoms with van der Waals surface area (Å²) in [5.41, 5.74) is 2.16. The number of hydrogen-bond acceptors (Lipinski definition) is 4. The summed E-state index contributed by atoms with van der Waals surface area (Å²) in [5, 5.41) is 13.9. The molecule has 1 amide bonds. The number of para-hydroxylation sites is 1. The van der Waals surface area contributed by atoms with Crippen LogP contribution in [-0.2, 0) is 6.54 Å². The van der Waals surface area contributed by atoms with E-state index in [9.17, 15) is 4.79 Å². The highest BCUT2D eigenvalue weighted by Crippen LogP contribution is 2.13. The Morgan fingerprint density at radius 2 is 2.10 bits per heavy atom. The molecule has 1 aromatic heterocycles. The third kappa shape index (κ3) is 3.14. The van der Waals surface area contributed by atoms with Crippen LogP contribution in [0.2, 0.25) is 0 Å². The second-order valence-corrected chi connectivity index (χ2v) is 4.76. The van der Waals surface area contributed by atoms with Crippen LogP contribution in [0.15, 0.2) is 30.5 Å². The van der Waals surface area contributed by atoms with Crippen molar-refractivity contribution in [3.05, 3.63) is 41.7 Å². The molecule has 6 heteroatoms. The monoisotopic (exact) mass is 273 g/mol. The number of nitrogens with one attached hydrogen (secondary N) is 2. The first-order valence-electron chi connectivity index (χ1n) is 6.57. The molecule has 2 rings (SSSR count). The molecule has 0 spiro atoms. The summed E-state index contributed by atoms with van der Waals surface area (Å²) < 4.78 is 1.77. The number of carbonyl (C=O) groups excluding carboxylic acids is 1. The Morgan fingerprint density at radius 3 is 2.75 bits per heavy atom. The smallest absolute Gasteiger partial charge is 0.253 e. The first kappa shape index (κ1) is 14.0. The Balaban J connectivity index is 2.01. The fourth-order valence-electron chi connectivity index (χ4n) is 1.81. The van der Waals surface area contributed by atoms with Gasteiger partial charge in [-0.1, -0.05) is 17.3 Å². The van der Waals surface area contributed by atoms with Crippen LogP contribution in [0.25, 0.3) is 0 Å². The van der Waals surface area contributed by atoms with Gasteiger partial charge in [-0.15, -0.1) is 5.10 Å². The molecule has 0 atom stereocenters. The highest BCUT2D eigenvalue weighted by Gasteiger charge is 2.10. The SMILES string of the molecule is CNc1ccccc1C(=O)NCc1cn(C(C)C)nn1. The van der Waals surface area contributed by atoms with Crippen molar-refractivity contribution >= 4 is 11.6 Å². The summed E-state index contributed by atoms with van der Waals surface area (Å²) in [7, 11) is 1.79. The van der Waals surface area contributed by atoms with Gasteiger partial charge in [0.2, 0.25) is 0 Å². The van der Waals surface area contributed by atoms with Crippen molar-refractivity contribution < 1.29 is 4.79 Å². The standard InChI is InChI=1S/C14H19N5O/c1-10(2)19-9-11(17-18-19)8-16-14(20)12-6-4-5-7-13(12)15-3/h4-7,9-10,15H,8H2,1-3H3,(H,16,20). The molecule has 106 valence electrons. The molecule has 0 fully saturated rings. The van der Waals surface area contributed by atoms with E-state index >= 15 is 0 Å². The van der Waals surface area contributed by atoms with Crippen LogP contribution >= 0.6 is 0 Å². The predicted octanol–water partition coefficient (Wildman–Crippen LogP) is 1.83. The van der Waals surface area contributed by atoms with Crippen molar-refractivity contribution in [2.45, 2.75) is 26.4 Å². The number of anilines is 1. The third-order valence-electron chi connectivity index (χ3n) is 2.96. The molecule has 1 heterocycles. The summed E-state index contributed by atoms with van der Waals surface area (Å²) in [6.07, 6.45) is 1.84. The van der Waals surface area contributed by atoms with E-state index in [1.54, 1.807) is 17.8 Å². The molecule has 2 aromatic rings. The zero-order valence-corrected chi connectivity index (χ0v) is 11.9. The Bertz CT molecular complexity index is 591. The second-order valence-electron chi connectivity index (χ2n) is 4.76. The van der Waals surface area contributed by atoms with Crippen molar-refractivity contribution in [3.63, 3.8) is 0 Å². The van der Waals surface area contributed by atoms with Crippen molar-refractivity contribution in [3.8, 4) is 0 Å². The lowest BCUT2D eigenvalue weighted by molar-refractivity contribution is 0.0951. The van der Waals surface area contributed by atoms with E-state index in [0.29, 0.717) is 12.1 Å². The van der Waals surface area contributed by atoms with Crippen LogP contribution in [-0.4, -0.2) is 27.9 Å². The minimum atomic E-state index is -0.131. The van der Waals surface area contributed by atoms with Gasteiger partial charge in [0.05, 0.1) is 18.3 Å². The Labute approximate surface area is 118 Å². The molecule has 0 radical (unpaired) electrons. The lowest BCUT2D eigenvalue weighted by Gasteiger charge is -2.08. The van der Waals surface area contributed by atoms with Crippen molar-refractivity contribution in [2.24, 2.45) is 0 Å². The first-order chi connectivity index (χ1) is 9.61. The number of amides is 1. The molecule has 0 saturated heterocycles. The van der Waals surface area contributed by atoms with Crippen LogP contribution in [0, 0.1) is 0 Å². The zero-order valence-electron chi connectivity index (χ0n) is 11.9. The first-order valence-corrected chi connectivity index (χ1v) is 6.57. The number of benzene rings is 1. The molecule has 0 aliphatic carbocycles. The molecule has 0 bridgehead atoms. The van der Waals surface area contributed by atoms with Gasteiger partial charge >= 0.3 is 0 Å². The van der Waals surface area contributed by atoms with E-state index in [2.05, 4.69) is 20.9 Å². The summed E-state index contributed by atoms with van der Waals surface area (Å²) in [6.45, 7) is 4.42. The van der Waals surface area contributed by atoms with Crippen LogP contribution < -0.4 is 10.6 Å². The van der Waals surface area contributed by atoms with Crippen molar-refractivity contribution in [1.29, 1.82) is 0 Å². The zero-order chi connectivity index (χ0) is 14.5. The molecule has 1 aromatic carbocycles. The largest absolute Gasteiger partial charge is 0.387 e. The van der Waals surface area contributed by atoms with E-state index in [0.717, 1.165) is 11.4 Å². The molecule has 6 nitrogen and oxygen atoms in total. The van der Waals surface area contributed by atoms with Gasteiger partial charge in [0, 0.05) is 18.8 Å². The molecule has 0 aliphatic heterocycles. The van der Waals surface area contributed by atoms with Crippen LogP contribution in [0.1, 0.15) is 35.9 Å². The van der Waals surface area contributed by atoms with Gasteiger partial charge in [-0.05, 0) is 26.0 Å². The van der Waals surface area contributed by atoms with Gasteiger partial charge in [-0.2, -0.15) is 0 Å². The molecule has 0 saturated carbocycles. The van der Waals surface area contributed by atoms with Gasteiger partial charge in [0.25, 0.3) is 5.91 Å². The molecule has 0 unspecified atom stereocenters. The van der Waals surface area contributed by atoms with Gasteiger partial charge in [0.15, 0.2) is 0 Å². The minimum Gasteiger partial charge on any atom is -0.387 e. The number of nitrogens with zero attached hydrogens (tertiary/aromatic N) is 3. The second kappa shape index (κ2) is 6.18. The average Bonchev–Trinajstić information content (AvgIpc) is 2.94. The molecular weight excluding hydrogens is 254 g/mol. The maximum absolute atomic E-state index is 12.1. The number of aromatic nitrogens is 3. The lowest BCUT2D eigenvalue weighted by Crippen LogP contribution is -2.23. The number of rotatable bonds is 5. The van der Waals surface area contributed by atoms with Gasteiger partial charge in [0.1, 0.15) is 5.69 Å². The van der Waals surface area contributed by atoms with Crippen LogP contribution in [0.3, 0.4) is 0 Å². The lowest BCUT2D eigenvalue weighted by atomic mass is 10.1. The highest BCUT2D eigenvalue weighted by atomic mass is 16.1. The van der Waals surface area contributed by atoms with E-state index in [-0.39, 0.29) is 11.9 Å². The third-order valence-corrected chi connectivity index (χ3v) is 2.96. The fraction of sp³-hybridized carbons (Fsp3) is 0.357. The quantitative estimate of drug-likeness (QED) is 0.872. The maximum atomic E-state index is 12.1. The van der Waals surface area contributed by atoms with Crippen LogP contribution in [0.5, 0.6) is 0 Å². The van der Waals surface area contributed by atoms with Gasteiger partial charge < -0.3 is 10.6 Å². The highest BCUT2D eigenvalue weighted by molar-refractivity contribution is 5.99. The van der Waals surface area contributed by atoms with Crippen molar-refractivity contribution in [1.82, 2.24) is 20.3 Å². The Morgan fingerprint density at radius 1 is 1.35 bits per heavy atom. The summed E-state index contributed by atoms with van der Waals surface area (Å²) in [5.74, 6) is -0.131. The van der Waals surface area contributed by atoms with E-state index in [1.807, 2.05) is 38.2 Å². The molecule has 0 aliphatic rings. The molecule has 2 N–H and O–H groups in total. The van der Waals surface area contributed by atoms with E-state index < -0.39 is 0 Å². The van der Waals surface area contributed by atoms with Crippen LogP contribution in [0.4, 0.5) is 5.69 Å². The van der Waals surface area contributed by atoms with Gasteiger partial charge in [-0.25, -0.2) is 4.68 Å². The van der Waals surface area contributed by atoms with Gasteiger partial charge in [-0.3, -0.25) is 4.79 Å². The minimum absolute atomic E-state index is 0.131. The summed E-state index contributed by atoms with van der Waals surface area (Å²) >= 11 is 0. The summed E-state index contributed by atoms with van der Waals surface area (Å²) in [6, 6.07) is 7.63. The Hall–Kier alpha value is -2.37. The summed E-state index contributed by atoms with van der Waals surface area (Å²) in [4.78, 5) is 12.1. The predicted molar refractivity (Wildman–Crippen MR) is 77.6 cm³/mol. The Kier molecular flexibility index (Phi) is 4.34. The molecular formula is C14H19N5O. The van der Waals surface area contributed by atoms with E-state index in [4.69, 9.17) is 0 Å².